The summed E-state index contributed by atoms with van der Waals surface area (Å²) < 4.78 is 37.6. The summed E-state index contributed by atoms with van der Waals surface area (Å²) in [4.78, 5) is 98.6. The van der Waals surface area contributed by atoms with Crippen LogP contribution < -0.4 is 26.6 Å². The smallest absolute Gasteiger partial charge is 0.407 e. The number of carbonyl (C=O) groups excluding carboxylic acids is 7. The molecule has 0 spiro atoms. The van der Waals surface area contributed by atoms with Crippen molar-refractivity contribution in [2.75, 3.05) is 85.7 Å². The molecule has 0 aromatic heterocycles. The Morgan fingerprint density at radius 2 is 0.988 bits per heavy atom. The first-order valence-electron chi connectivity index (χ1n) is 29.7. The second-order valence-electron chi connectivity index (χ2n) is 21.3. The monoisotopic (exact) mass is 1150 g/mol. The number of carboxylic acids is 1. The number of nitrogens with one attached hydrogen (secondary N) is 5. The molecule has 1 aliphatic carbocycles. The number of carboxylic acid groups (broad SMARTS) is 1. The zero-order valence-corrected chi connectivity index (χ0v) is 49.3. The number of hydrogen-bond donors (Lipinski definition) is 6. The zero-order chi connectivity index (χ0) is 59.6. The van der Waals surface area contributed by atoms with Crippen LogP contribution in [0.5, 0.6) is 0 Å². The van der Waals surface area contributed by atoms with E-state index < -0.39 is 35.7 Å². The van der Waals surface area contributed by atoms with E-state index in [2.05, 4.69) is 26.6 Å². The molecule has 0 aliphatic heterocycles. The first-order valence-corrected chi connectivity index (χ1v) is 29.7. The van der Waals surface area contributed by atoms with E-state index in [0.717, 1.165) is 60.8 Å². The molecule has 2 aromatic carbocycles. The Bertz CT molecular complexity index is 2160. The highest BCUT2D eigenvalue weighted by Crippen LogP contribution is 2.44. The van der Waals surface area contributed by atoms with Crippen LogP contribution in [-0.4, -0.2) is 156 Å². The van der Waals surface area contributed by atoms with E-state index in [1.54, 1.807) is 20.8 Å². The molecule has 21 heteroatoms. The van der Waals surface area contributed by atoms with Crippen molar-refractivity contribution in [2.24, 2.45) is 0 Å². The number of alkyl carbamates (subject to hydrolysis) is 1. The number of rotatable bonds is 47. The molecule has 3 rings (SSSR count). The van der Waals surface area contributed by atoms with Crippen molar-refractivity contribution in [2.45, 2.75) is 180 Å². The lowest BCUT2D eigenvalue weighted by Gasteiger charge is -2.24. The number of fused-ring (bicyclic) bond motifs is 3. The molecule has 0 saturated heterocycles. The normalized spacial score (nSPS) is 12.5. The summed E-state index contributed by atoms with van der Waals surface area (Å²) in [5.41, 5.74) is 3.53. The fraction of sp³-hybridized carbons (Fsp3) is 0.672. The molecule has 5 amide bonds. The summed E-state index contributed by atoms with van der Waals surface area (Å²) in [5.74, 6) is -3.24. The van der Waals surface area contributed by atoms with Gasteiger partial charge >= 0.3 is 24.0 Å². The van der Waals surface area contributed by atoms with Gasteiger partial charge in [-0.2, -0.15) is 0 Å². The fourth-order valence-electron chi connectivity index (χ4n) is 9.12. The second kappa shape index (κ2) is 42.6. The van der Waals surface area contributed by atoms with Crippen LogP contribution in [0.4, 0.5) is 4.79 Å². The number of amides is 5. The van der Waals surface area contributed by atoms with Crippen LogP contribution in [0.25, 0.3) is 11.1 Å². The third-order valence-corrected chi connectivity index (χ3v) is 13.3. The minimum atomic E-state index is -1.18. The van der Waals surface area contributed by atoms with Crippen LogP contribution in [-0.2, 0) is 66.7 Å². The predicted octanol–water partition coefficient (Wildman–Crippen LogP) is 7.58. The van der Waals surface area contributed by atoms with Gasteiger partial charge in [0.25, 0.3) is 0 Å². The zero-order valence-electron chi connectivity index (χ0n) is 49.3. The van der Waals surface area contributed by atoms with Gasteiger partial charge in [-0.3, -0.25) is 24.0 Å². The third-order valence-electron chi connectivity index (χ3n) is 13.3. The minimum absolute atomic E-state index is 0.00228. The molecular formula is C61H95N5O16. The van der Waals surface area contributed by atoms with Crippen molar-refractivity contribution in [3.63, 3.8) is 0 Å². The molecule has 0 unspecified atom stereocenters. The molecule has 2 atom stereocenters. The molecule has 1 aliphatic rings. The average Bonchev–Trinajstić information content (AvgIpc) is 3.01. The summed E-state index contributed by atoms with van der Waals surface area (Å²) in [6.07, 6.45) is 15.4. The molecule has 460 valence electrons. The molecule has 21 nitrogen and oxygen atoms in total. The highest BCUT2D eigenvalue weighted by Gasteiger charge is 2.30. The van der Waals surface area contributed by atoms with Crippen molar-refractivity contribution in [1.82, 2.24) is 26.6 Å². The maximum Gasteiger partial charge on any atom is 0.407 e. The maximum absolute atomic E-state index is 13.0. The molecule has 0 heterocycles. The first-order chi connectivity index (χ1) is 39.6. The lowest BCUT2D eigenvalue weighted by molar-refractivity contribution is -0.159. The van der Waals surface area contributed by atoms with E-state index >= 15 is 0 Å². The van der Waals surface area contributed by atoms with Crippen LogP contribution in [0.3, 0.4) is 0 Å². The van der Waals surface area contributed by atoms with E-state index in [4.69, 9.17) is 33.2 Å². The van der Waals surface area contributed by atoms with Gasteiger partial charge in [0.2, 0.25) is 23.6 Å². The SMILES string of the molecule is CCOC(=O)CCCCCCCCCCCCCCCC(=O)N[C@@H](CCC(=O)NCCOCCOCC(=O)NCCOCCOCC(=O)NCCCC[C@@H](NC(=O)OCC1c2ccccc2-c2ccccc21)C(=O)O)C(=O)OC(C)(C)C. The highest BCUT2D eigenvalue weighted by molar-refractivity contribution is 5.86. The lowest BCUT2D eigenvalue weighted by Crippen LogP contribution is -2.44. The van der Waals surface area contributed by atoms with Crippen molar-refractivity contribution in [1.29, 1.82) is 0 Å². The Morgan fingerprint density at radius 1 is 0.500 bits per heavy atom. The van der Waals surface area contributed by atoms with Gasteiger partial charge < -0.3 is 64.8 Å². The maximum atomic E-state index is 13.0. The van der Waals surface area contributed by atoms with Crippen molar-refractivity contribution in [3.05, 3.63) is 59.7 Å². The van der Waals surface area contributed by atoms with E-state index in [-0.39, 0.29) is 127 Å². The Kier molecular flexibility index (Phi) is 36.4. The fourth-order valence-corrected chi connectivity index (χ4v) is 9.12. The number of aliphatic carboxylic acids is 1. The Balaban J connectivity index is 1.10. The van der Waals surface area contributed by atoms with Gasteiger partial charge in [-0.15, -0.1) is 0 Å². The number of unbranched alkanes of at least 4 members (excludes halogenated alkanes) is 13. The Hall–Kier alpha value is -6.16. The summed E-state index contributed by atoms with van der Waals surface area (Å²) >= 11 is 0. The van der Waals surface area contributed by atoms with Crippen molar-refractivity contribution < 1.29 is 76.6 Å². The van der Waals surface area contributed by atoms with Crippen LogP contribution in [0.1, 0.15) is 173 Å². The average molecular weight is 1150 g/mol. The van der Waals surface area contributed by atoms with Gasteiger partial charge in [0.15, 0.2) is 0 Å². The highest BCUT2D eigenvalue weighted by atomic mass is 16.6. The summed E-state index contributed by atoms with van der Waals surface area (Å²) in [5, 5.41) is 23.1. The van der Waals surface area contributed by atoms with Crippen LogP contribution in [0, 0.1) is 0 Å². The van der Waals surface area contributed by atoms with E-state index in [9.17, 15) is 43.5 Å². The third kappa shape index (κ3) is 32.5. The quantitative estimate of drug-likeness (QED) is 0.0212. The molecular weight excluding hydrogens is 1060 g/mol. The second-order valence-corrected chi connectivity index (χ2v) is 21.3. The Labute approximate surface area is 485 Å². The molecule has 6 N–H and O–H groups in total. The topological polar surface area (TPSA) is 282 Å². The summed E-state index contributed by atoms with van der Waals surface area (Å²) in [7, 11) is 0. The van der Waals surface area contributed by atoms with Gasteiger partial charge in [0.05, 0.1) is 46.2 Å². The summed E-state index contributed by atoms with van der Waals surface area (Å²) in [6.45, 7) is 9.07. The molecule has 0 fully saturated rings. The number of carbonyl (C=O) groups is 8. The molecule has 0 bridgehead atoms. The number of ether oxygens (including phenoxy) is 7. The van der Waals surface area contributed by atoms with E-state index in [1.165, 1.54) is 38.5 Å². The summed E-state index contributed by atoms with van der Waals surface area (Å²) in [6, 6.07) is 13.8. The number of esters is 2. The predicted molar refractivity (Wildman–Crippen MR) is 309 cm³/mol. The van der Waals surface area contributed by atoms with Gasteiger partial charge in [0.1, 0.15) is 37.5 Å². The lowest BCUT2D eigenvalue weighted by atomic mass is 9.98. The van der Waals surface area contributed by atoms with E-state index in [1.807, 2.05) is 55.5 Å². The first kappa shape index (κ1) is 70.1. The Morgan fingerprint density at radius 3 is 1.51 bits per heavy atom. The van der Waals surface area contributed by atoms with Crippen LogP contribution >= 0.6 is 0 Å². The van der Waals surface area contributed by atoms with E-state index in [0.29, 0.717) is 45.3 Å². The largest absolute Gasteiger partial charge is 0.480 e. The standard InChI is InChI=1S/C61H95N5O16/c1-5-80-57(71)31-18-16-14-12-10-8-6-7-9-11-13-15-17-30-54(68)65-52(59(74)82-61(2,3)4)32-33-53(67)63-35-37-76-39-42-79-45-56(70)64-36-38-77-40-41-78-44-55(69)62-34-24-23-29-51(58(72)73)66-60(75)81-43-50-48-27-21-19-25-46(48)47-26-20-22-28-49(47)50/h19-22,25-28,50-52H,5-18,23-24,29-45H2,1-4H3,(H,62,69)(H,63,67)(H,64,70)(H,65,68)(H,66,75)(H,72,73)/t51-,52+/m1/s1. The minimum Gasteiger partial charge on any atom is -0.480 e. The molecule has 0 saturated carbocycles. The molecule has 2 aromatic rings. The van der Waals surface area contributed by atoms with Gasteiger partial charge in [-0.05, 0) is 88.5 Å². The van der Waals surface area contributed by atoms with Gasteiger partial charge in [0, 0.05) is 44.8 Å². The molecule has 0 radical (unpaired) electrons. The van der Waals surface area contributed by atoms with Gasteiger partial charge in [-0.1, -0.05) is 119 Å². The van der Waals surface area contributed by atoms with Crippen LogP contribution in [0.15, 0.2) is 48.5 Å². The number of benzene rings is 2. The van der Waals surface area contributed by atoms with Crippen molar-refractivity contribution >= 4 is 47.6 Å². The van der Waals surface area contributed by atoms with Crippen molar-refractivity contribution in [3.8, 4) is 11.1 Å². The van der Waals surface area contributed by atoms with Gasteiger partial charge in [-0.25, -0.2) is 14.4 Å². The molecule has 82 heavy (non-hydrogen) atoms. The number of hydrogen-bond acceptors (Lipinski definition) is 15. The van der Waals surface area contributed by atoms with Crippen LogP contribution in [0.2, 0.25) is 0 Å².